The van der Waals surface area contributed by atoms with Gasteiger partial charge in [0.25, 0.3) is 0 Å². The standard InChI is InChI=1S/C19H38O3Si4/c1-10-26(20-23(2,3)4,21-24(5,6)7)22-25(8,9)18-14-17-19-15-12-11-13-16-19/h11-17H,10,18H2,1-9H3/b17-14+. The van der Waals surface area contributed by atoms with Crippen LogP contribution in [0, 0.1) is 0 Å². The lowest BCUT2D eigenvalue weighted by Crippen LogP contribution is -2.60. The van der Waals surface area contributed by atoms with Crippen molar-refractivity contribution >= 4 is 39.8 Å². The Bertz CT molecular complexity index is 559. The lowest BCUT2D eigenvalue weighted by atomic mass is 10.2. The van der Waals surface area contributed by atoms with Crippen LogP contribution in [0.3, 0.4) is 0 Å². The molecule has 0 aliphatic heterocycles. The van der Waals surface area contributed by atoms with Crippen LogP contribution in [-0.2, 0) is 12.3 Å². The number of hydrogen-bond acceptors (Lipinski definition) is 3. The van der Waals surface area contributed by atoms with Gasteiger partial charge in [0.2, 0.25) is 0 Å². The maximum Gasteiger partial charge on any atom is 0.469 e. The van der Waals surface area contributed by atoms with Gasteiger partial charge in [0.15, 0.2) is 25.0 Å². The summed E-state index contributed by atoms with van der Waals surface area (Å²) in [5.74, 6) is 0. The Labute approximate surface area is 165 Å². The van der Waals surface area contributed by atoms with Gasteiger partial charge in [-0.25, -0.2) is 0 Å². The van der Waals surface area contributed by atoms with Crippen LogP contribution in [0.25, 0.3) is 6.08 Å². The highest BCUT2D eigenvalue weighted by Crippen LogP contribution is 2.30. The van der Waals surface area contributed by atoms with Gasteiger partial charge in [-0.05, 0) is 64.0 Å². The summed E-state index contributed by atoms with van der Waals surface area (Å²) in [5, 5.41) is 0. The van der Waals surface area contributed by atoms with Crippen molar-refractivity contribution in [1.82, 2.24) is 0 Å². The first kappa shape index (κ1) is 23.7. The molecule has 0 heterocycles. The normalized spacial score (nSPS) is 14.2. The lowest BCUT2D eigenvalue weighted by molar-refractivity contribution is 0.253. The van der Waals surface area contributed by atoms with Crippen LogP contribution in [0.15, 0.2) is 36.4 Å². The van der Waals surface area contributed by atoms with E-state index in [0.29, 0.717) is 0 Å². The SMILES string of the molecule is CC[Si](O[Si](C)(C)C)(O[Si](C)(C)C)O[Si](C)(C)C/C=C/c1ccccc1. The molecule has 3 nitrogen and oxygen atoms in total. The monoisotopic (exact) mass is 426 g/mol. The molecule has 1 aromatic carbocycles. The molecule has 1 rings (SSSR count). The van der Waals surface area contributed by atoms with Crippen molar-refractivity contribution in [2.24, 2.45) is 0 Å². The Morgan fingerprint density at radius 3 is 1.69 bits per heavy atom. The zero-order chi connectivity index (χ0) is 20.1. The van der Waals surface area contributed by atoms with Gasteiger partial charge in [0, 0.05) is 6.04 Å². The van der Waals surface area contributed by atoms with Crippen LogP contribution in [0.4, 0.5) is 0 Å². The Morgan fingerprint density at radius 2 is 1.27 bits per heavy atom. The molecule has 0 fully saturated rings. The van der Waals surface area contributed by atoms with Gasteiger partial charge in [-0.1, -0.05) is 49.4 Å². The van der Waals surface area contributed by atoms with Crippen molar-refractivity contribution in [1.29, 1.82) is 0 Å². The molecule has 0 saturated carbocycles. The van der Waals surface area contributed by atoms with E-state index in [4.69, 9.17) is 12.3 Å². The second kappa shape index (κ2) is 9.27. The van der Waals surface area contributed by atoms with Gasteiger partial charge in [-0.15, -0.1) is 0 Å². The molecule has 0 aliphatic rings. The molecule has 0 unspecified atom stereocenters. The Balaban J connectivity index is 2.94. The van der Waals surface area contributed by atoms with Crippen LogP contribution < -0.4 is 0 Å². The van der Waals surface area contributed by atoms with E-state index < -0.39 is 33.8 Å². The fourth-order valence-corrected chi connectivity index (χ4v) is 17.9. The fraction of sp³-hybridized carbons (Fsp3) is 0.579. The third-order valence-corrected chi connectivity index (χ3v) is 16.4. The fourth-order valence-electron chi connectivity index (χ4n) is 2.72. The highest BCUT2D eigenvalue weighted by molar-refractivity contribution is 6.90. The molecule has 26 heavy (non-hydrogen) atoms. The van der Waals surface area contributed by atoms with Crippen molar-refractivity contribution < 1.29 is 12.3 Å². The summed E-state index contributed by atoms with van der Waals surface area (Å²) in [4.78, 5) is 0. The molecule has 0 amide bonds. The molecule has 0 spiro atoms. The molecule has 7 heteroatoms. The molecule has 0 radical (unpaired) electrons. The highest BCUT2D eigenvalue weighted by Gasteiger charge is 2.49. The summed E-state index contributed by atoms with van der Waals surface area (Å²) in [6.45, 7) is 20.1. The van der Waals surface area contributed by atoms with E-state index >= 15 is 0 Å². The van der Waals surface area contributed by atoms with E-state index in [1.807, 2.05) is 6.07 Å². The quantitative estimate of drug-likeness (QED) is 0.395. The minimum absolute atomic E-state index is 0.848. The zero-order valence-electron chi connectivity index (χ0n) is 18.2. The average molecular weight is 427 g/mol. The molecule has 0 N–H and O–H groups in total. The first-order chi connectivity index (χ1) is 11.8. The van der Waals surface area contributed by atoms with Gasteiger partial charge in [0.05, 0.1) is 0 Å². The van der Waals surface area contributed by atoms with Gasteiger partial charge < -0.3 is 12.3 Å². The van der Waals surface area contributed by atoms with E-state index in [0.717, 1.165) is 12.1 Å². The minimum Gasteiger partial charge on any atom is -0.417 e. The molecule has 0 aliphatic carbocycles. The Kier molecular flexibility index (Phi) is 8.47. The van der Waals surface area contributed by atoms with Crippen LogP contribution in [0.5, 0.6) is 0 Å². The van der Waals surface area contributed by atoms with Gasteiger partial charge >= 0.3 is 8.80 Å². The topological polar surface area (TPSA) is 27.7 Å². The first-order valence-electron chi connectivity index (χ1n) is 9.58. The predicted octanol–water partition coefficient (Wildman–Crippen LogP) is 6.58. The molecular weight excluding hydrogens is 389 g/mol. The van der Waals surface area contributed by atoms with Crippen LogP contribution >= 0.6 is 0 Å². The van der Waals surface area contributed by atoms with Crippen LogP contribution in [-0.4, -0.2) is 33.8 Å². The molecular formula is C19H38O3Si4. The summed E-state index contributed by atoms with van der Waals surface area (Å²) >= 11 is 0. The summed E-state index contributed by atoms with van der Waals surface area (Å²) in [6, 6.07) is 12.2. The third-order valence-electron chi connectivity index (χ3n) is 3.51. The predicted molar refractivity (Wildman–Crippen MR) is 124 cm³/mol. The Morgan fingerprint density at radius 1 is 0.769 bits per heavy atom. The first-order valence-corrected chi connectivity index (χ1v) is 21.4. The van der Waals surface area contributed by atoms with E-state index in [1.165, 1.54) is 5.56 Å². The van der Waals surface area contributed by atoms with E-state index in [9.17, 15) is 0 Å². The molecule has 1 aromatic rings. The smallest absolute Gasteiger partial charge is 0.417 e. The van der Waals surface area contributed by atoms with Crippen LogP contribution in [0.2, 0.25) is 64.5 Å². The number of benzene rings is 1. The second-order valence-electron chi connectivity index (χ2n) is 9.34. The minimum atomic E-state index is -2.65. The van der Waals surface area contributed by atoms with E-state index in [-0.39, 0.29) is 0 Å². The van der Waals surface area contributed by atoms with Crippen molar-refractivity contribution in [3.05, 3.63) is 42.0 Å². The average Bonchev–Trinajstić information content (AvgIpc) is 2.43. The van der Waals surface area contributed by atoms with Crippen molar-refractivity contribution in [2.75, 3.05) is 0 Å². The van der Waals surface area contributed by atoms with E-state index in [2.05, 4.69) is 95.7 Å². The highest BCUT2D eigenvalue weighted by atomic mass is 28.5. The molecule has 0 atom stereocenters. The summed E-state index contributed by atoms with van der Waals surface area (Å²) in [6.07, 6.45) is 4.44. The summed E-state index contributed by atoms with van der Waals surface area (Å²) in [7, 11) is -8.12. The molecule has 0 bridgehead atoms. The molecule has 0 aromatic heterocycles. The van der Waals surface area contributed by atoms with Gasteiger partial charge in [-0.3, -0.25) is 0 Å². The maximum absolute atomic E-state index is 6.82. The molecule has 0 saturated heterocycles. The number of allylic oxidation sites excluding steroid dienone is 1. The lowest BCUT2D eigenvalue weighted by Gasteiger charge is -2.43. The summed E-state index contributed by atoms with van der Waals surface area (Å²) in [5.41, 5.74) is 1.23. The van der Waals surface area contributed by atoms with Crippen molar-refractivity contribution in [3.63, 3.8) is 0 Å². The van der Waals surface area contributed by atoms with Crippen molar-refractivity contribution in [2.45, 2.75) is 71.4 Å². The largest absolute Gasteiger partial charge is 0.469 e. The zero-order valence-corrected chi connectivity index (χ0v) is 22.2. The summed E-state index contributed by atoms with van der Waals surface area (Å²) < 4.78 is 20.1. The van der Waals surface area contributed by atoms with Crippen LogP contribution in [0.1, 0.15) is 12.5 Å². The van der Waals surface area contributed by atoms with E-state index in [1.54, 1.807) is 0 Å². The number of rotatable bonds is 10. The number of hydrogen-bond donors (Lipinski definition) is 0. The Hall–Kier alpha value is -0.292. The maximum atomic E-state index is 6.82. The molecule has 148 valence electrons. The van der Waals surface area contributed by atoms with Gasteiger partial charge in [0.1, 0.15) is 0 Å². The van der Waals surface area contributed by atoms with Gasteiger partial charge in [-0.2, -0.15) is 0 Å². The third kappa shape index (κ3) is 9.59. The second-order valence-corrected chi connectivity index (χ2v) is 26.2. The van der Waals surface area contributed by atoms with Crippen molar-refractivity contribution in [3.8, 4) is 0 Å².